The number of nitrogens with zero attached hydrogens (tertiary/aromatic N) is 3. The van der Waals surface area contributed by atoms with Crippen molar-refractivity contribution in [3.8, 4) is 11.5 Å². The Morgan fingerprint density at radius 2 is 2.08 bits per heavy atom. The lowest BCUT2D eigenvalue weighted by molar-refractivity contribution is 0.0949. The summed E-state index contributed by atoms with van der Waals surface area (Å²) in [6, 6.07) is 13.5. The van der Waals surface area contributed by atoms with E-state index in [-0.39, 0.29) is 17.2 Å². The first-order valence-corrected chi connectivity index (χ1v) is 8.44. The van der Waals surface area contributed by atoms with E-state index in [1.54, 1.807) is 16.9 Å². The molecule has 7 nitrogen and oxygen atoms in total. The van der Waals surface area contributed by atoms with Crippen LogP contribution in [0.2, 0.25) is 0 Å². The van der Waals surface area contributed by atoms with Crippen LogP contribution in [0.3, 0.4) is 0 Å². The van der Waals surface area contributed by atoms with Crippen LogP contribution in [0.1, 0.15) is 21.6 Å². The molecule has 8 heteroatoms. The van der Waals surface area contributed by atoms with E-state index in [1.165, 1.54) is 24.4 Å². The van der Waals surface area contributed by atoms with Gasteiger partial charge in [-0.3, -0.25) is 9.48 Å². The summed E-state index contributed by atoms with van der Waals surface area (Å²) in [4.78, 5) is 12.1. The molecule has 1 heterocycles. The number of phenolic OH excluding ortho intramolecular Hbond substituents is 2. The number of carbonyl (C=O) groups is 1. The molecule has 0 spiro atoms. The molecule has 2 aromatic carbocycles. The minimum atomic E-state index is -0.465. The third-order valence-corrected chi connectivity index (χ3v) is 3.98. The van der Waals surface area contributed by atoms with Gasteiger partial charge in [0.05, 0.1) is 12.8 Å². The summed E-state index contributed by atoms with van der Waals surface area (Å²) in [5, 5.41) is 26.9. The van der Waals surface area contributed by atoms with Crippen LogP contribution < -0.4 is 5.43 Å². The summed E-state index contributed by atoms with van der Waals surface area (Å²) >= 11 is 3.42. The lowest BCUT2D eigenvalue weighted by Crippen LogP contribution is -2.18. The Morgan fingerprint density at radius 1 is 1.23 bits per heavy atom. The molecule has 0 radical (unpaired) electrons. The highest BCUT2D eigenvalue weighted by atomic mass is 79.9. The van der Waals surface area contributed by atoms with E-state index in [0.29, 0.717) is 12.1 Å². The molecule has 0 unspecified atom stereocenters. The van der Waals surface area contributed by atoms with Crippen LogP contribution >= 0.6 is 15.9 Å². The third kappa shape index (κ3) is 4.48. The SMILES string of the molecule is O=C(N/N=C\c1ccc(O)cc1O)c1ccn(Cc2cccc(Br)c2)n1. The molecule has 0 aliphatic carbocycles. The molecule has 0 aliphatic rings. The van der Waals surface area contributed by atoms with Crippen molar-refractivity contribution in [2.45, 2.75) is 6.54 Å². The van der Waals surface area contributed by atoms with Gasteiger partial charge in [-0.15, -0.1) is 0 Å². The molecule has 132 valence electrons. The molecule has 26 heavy (non-hydrogen) atoms. The first kappa shape index (κ1) is 17.7. The third-order valence-electron chi connectivity index (χ3n) is 3.49. The number of halogens is 1. The zero-order valence-electron chi connectivity index (χ0n) is 13.5. The molecular weight excluding hydrogens is 400 g/mol. The monoisotopic (exact) mass is 414 g/mol. The summed E-state index contributed by atoms with van der Waals surface area (Å²) in [6.07, 6.45) is 3.00. The van der Waals surface area contributed by atoms with E-state index in [9.17, 15) is 15.0 Å². The number of amides is 1. The van der Waals surface area contributed by atoms with Crippen molar-refractivity contribution < 1.29 is 15.0 Å². The van der Waals surface area contributed by atoms with Crippen LogP contribution in [-0.4, -0.2) is 32.1 Å². The first-order chi connectivity index (χ1) is 12.5. The maximum Gasteiger partial charge on any atom is 0.291 e. The van der Waals surface area contributed by atoms with Gasteiger partial charge in [-0.05, 0) is 35.9 Å². The van der Waals surface area contributed by atoms with Crippen molar-refractivity contribution in [3.63, 3.8) is 0 Å². The number of rotatable bonds is 5. The van der Waals surface area contributed by atoms with E-state index in [0.717, 1.165) is 10.0 Å². The van der Waals surface area contributed by atoms with Crippen molar-refractivity contribution in [2.75, 3.05) is 0 Å². The summed E-state index contributed by atoms with van der Waals surface area (Å²) < 4.78 is 2.64. The van der Waals surface area contributed by atoms with Crippen molar-refractivity contribution in [1.82, 2.24) is 15.2 Å². The molecule has 1 amide bonds. The number of hydrazone groups is 1. The van der Waals surface area contributed by atoms with Crippen LogP contribution in [0.4, 0.5) is 0 Å². The standard InChI is InChI=1S/C18H15BrN4O3/c19-14-3-1-2-12(8-14)11-23-7-6-16(22-23)18(26)21-20-10-13-4-5-15(24)9-17(13)25/h1-10,24-25H,11H2,(H,21,26)/b20-10-. The summed E-state index contributed by atoms with van der Waals surface area (Å²) in [5.74, 6) is -0.659. The molecule has 1 aromatic heterocycles. The molecule has 0 saturated carbocycles. The molecule has 3 aromatic rings. The van der Waals surface area contributed by atoms with Gasteiger partial charge in [0, 0.05) is 22.3 Å². The van der Waals surface area contributed by atoms with Gasteiger partial charge in [0.1, 0.15) is 11.5 Å². The van der Waals surface area contributed by atoms with Gasteiger partial charge in [0.15, 0.2) is 5.69 Å². The van der Waals surface area contributed by atoms with Crippen molar-refractivity contribution in [2.24, 2.45) is 5.10 Å². The topological polar surface area (TPSA) is 99.7 Å². The first-order valence-electron chi connectivity index (χ1n) is 7.64. The Hall–Kier alpha value is -3.13. The Kier molecular flexibility index (Phi) is 5.33. The van der Waals surface area contributed by atoms with Gasteiger partial charge < -0.3 is 10.2 Å². The maximum absolute atomic E-state index is 12.1. The molecule has 3 rings (SSSR count). The average molecular weight is 415 g/mol. The minimum Gasteiger partial charge on any atom is -0.508 e. The van der Waals surface area contributed by atoms with Crippen molar-refractivity contribution in [1.29, 1.82) is 0 Å². The summed E-state index contributed by atoms with van der Waals surface area (Å²) in [5.41, 5.74) is 3.99. The van der Waals surface area contributed by atoms with Crippen LogP contribution in [0.5, 0.6) is 11.5 Å². The fraction of sp³-hybridized carbons (Fsp3) is 0.0556. The van der Waals surface area contributed by atoms with Gasteiger partial charge in [-0.1, -0.05) is 28.1 Å². The van der Waals surface area contributed by atoms with Gasteiger partial charge in [0.25, 0.3) is 5.91 Å². The quantitative estimate of drug-likeness (QED) is 0.441. The Morgan fingerprint density at radius 3 is 2.85 bits per heavy atom. The second kappa shape index (κ2) is 7.83. The zero-order valence-corrected chi connectivity index (χ0v) is 15.1. The lowest BCUT2D eigenvalue weighted by atomic mass is 10.2. The summed E-state index contributed by atoms with van der Waals surface area (Å²) in [7, 11) is 0. The number of nitrogens with one attached hydrogen (secondary N) is 1. The molecule has 0 bridgehead atoms. The fourth-order valence-corrected chi connectivity index (χ4v) is 2.70. The predicted octanol–water partition coefficient (Wildman–Crippen LogP) is 2.87. The highest BCUT2D eigenvalue weighted by Gasteiger charge is 2.09. The van der Waals surface area contributed by atoms with Gasteiger partial charge in [0.2, 0.25) is 0 Å². The van der Waals surface area contributed by atoms with E-state index < -0.39 is 5.91 Å². The largest absolute Gasteiger partial charge is 0.508 e. The van der Waals surface area contributed by atoms with Crippen LogP contribution in [0.15, 0.2) is 64.3 Å². The normalized spacial score (nSPS) is 11.0. The molecular formula is C18H15BrN4O3. The summed E-state index contributed by atoms with van der Waals surface area (Å²) in [6.45, 7) is 0.539. The second-order valence-corrected chi connectivity index (χ2v) is 6.39. The van der Waals surface area contributed by atoms with Crippen LogP contribution in [0.25, 0.3) is 0 Å². The Balaban J connectivity index is 1.62. The number of carbonyl (C=O) groups excluding carboxylic acids is 1. The highest BCUT2D eigenvalue weighted by Crippen LogP contribution is 2.20. The van der Waals surface area contributed by atoms with Crippen molar-refractivity contribution in [3.05, 3.63) is 76.0 Å². The molecule has 0 saturated heterocycles. The van der Waals surface area contributed by atoms with E-state index in [4.69, 9.17) is 0 Å². The number of hydrogen-bond acceptors (Lipinski definition) is 5. The second-order valence-electron chi connectivity index (χ2n) is 5.47. The van der Waals surface area contributed by atoms with Crippen molar-refractivity contribution >= 4 is 28.1 Å². The Bertz CT molecular complexity index is 969. The fourth-order valence-electron chi connectivity index (χ4n) is 2.25. The maximum atomic E-state index is 12.1. The van der Waals surface area contributed by atoms with E-state index >= 15 is 0 Å². The number of aromatic hydroxyl groups is 2. The minimum absolute atomic E-state index is 0.0559. The Labute approximate surface area is 157 Å². The van der Waals surface area contributed by atoms with Crippen LogP contribution in [0, 0.1) is 0 Å². The predicted molar refractivity (Wildman–Crippen MR) is 100 cm³/mol. The van der Waals surface area contributed by atoms with Gasteiger partial charge in [-0.2, -0.15) is 10.2 Å². The van der Waals surface area contributed by atoms with E-state index in [1.807, 2.05) is 24.3 Å². The highest BCUT2D eigenvalue weighted by molar-refractivity contribution is 9.10. The number of phenols is 2. The molecule has 0 aliphatic heterocycles. The average Bonchev–Trinajstić information content (AvgIpc) is 3.05. The van der Waals surface area contributed by atoms with Gasteiger partial charge >= 0.3 is 0 Å². The zero-order chi connectivity index (χ0) is 18.5. The molecule has 0 fully saturated rings. The molecule has 0 atom stereocenters. The van der Waals surface area contributed by atoms with Crippen LogP contribution in [-0.2, 0) is 6.54 Å². The smallest absolute Gasteiger partial charge is 0.291 e. The van der Waals surface area contributed by atoms with E-state index in [2.05, 4.69) is 31.6 Å². The number of aromatic nitrogens is 2. The number of benzene rings is 2. The van der Waals surface area contributed by atoms with Gasteiger partial charge in [-0.25, -0.2) is 5.43 Å². The molecule has 3 N–H and O–H groups in total. The number of hydrogen-bond donors (Lipinski definition) is 3. The lowest BCUT2D eigenvalue weighted by Gasteiger charge is -2.02.